The lowest BCUT2D eigenvalue weighted by Crippen LogP contribution is -2.45. The van der Waals surface area contributed by atoms with Gasteiger partial charge >= 0.3 is 5.97 Å². The number of carbonyl (C=O) groups is 2. The van der Waals surface area contributed by atoms with Crippen LogP contribution in [0, 0.1) is 5.92 Å². The molecule has 22 heavy (non-hydrogen) atoms. The minimum atomic E-state index is -1.07. The van der Waals surface area contributed by atoms with Crippen molar-refractivity contribution in [1.82, 2.24) is 25.5 Å². The van der Waals surface area contributed by atoms with E-state index in [2.05, 4.69) is 20.7 Å². The molecule has 1 aromatic carbocycles. The van der Waals surface area contributed by atoms with Gasteiger partial charge in [-0.3, -0.25) is 4.79 Å². The van der Waals surface area contributed by atoms with Gasteiger partial charge in [-0.15, -0.1) is 10.2 Å². The molecule has 1 amide bonds. The number of carbonyl (C=O) groups excluding carboxylic acids is 1. The molecule has 1 heterocycles. The minimum Gasteiger partial charge on any atom is -0.480 e. The Hall–Kier alpha value is -2.77. The number of carboxylic acids is 1. The van der Waals surface area contributed by atoms with Crippen LogP contribution in [0.15, 0.2) is 30.3 Å². The molecule has 0 aliphatic rings. The number of hydrogen-bond acceptors (Lipinski definition) is 5. The van der Waals surface area contributed by atoms with E-state index < -0.39 is 17.9 Å². The van der Waals surface area contributed by atoms with Crippen LogP contribution in [0.4, 0.5) is 0 Å². The molecule has 0 unspecified atom stereocenters. The highest BCUT2D eigenvalue weighted by Gasteiger charge is 2.23. The largest absolute Gasteiger partial charge is 0.480 e. The predicted octanol–water partition coefficient (Wildman–Crippen LogP) is 0.565. The number of rotatable bonds is 6. The maximum atomic E-state index is 11.9. The van der Waals surface area contributed by atoms with Crippen molar-refractivity contribution in [3.63, 3.8) is 0 Å². The molecule has 8 heteroatoms. The van der Waals surface area contributed by atoms with Gasteiger partial charge in [0, 0.05) is 5.56 Å². The molecule has 8 nitrogen and oxygen atoms in total. The molecule has 0 bridgehead atoms. The summed E-state index contributed by atoms with van der Waals surface area (Å²) in [4.78, 5) is 24.1. The summed E-state index contributed by atoms with van der Waals surface area (Å²) in [5.41, 5.74) is 0.791. The van der Waals surface area contributed by atoms with Crippen molar-refractivity contribution in [2.45, 2.75) is 26.4 Å². The second-order valence-electron chi connectivity index (χ2n) is 5.14. The van der Waals surface area contributed by atoms with E-state index in [-0.39, 0.29) is 12.5 Å². The smallest absolute Gasteiger partial charge is 0.326 e. The lowest BCUT2D eigenvalue weighted by atomic mass is 10.1. The summed E-state index contributed by atoms with van der Waals surface area (Å²) < 4.78 is 0. The Kier molecular flexibility index (Phi) is 4.82. The van der Waals surface area contributed by atoms with E-state index in [1.165, 1.54) is 0 Å². The van der Waals surface area contributed by atoms with Crippen molar-refractivity contribution in [3.8, 4) is 11.4 Å². The summed E-state index contributed by atoms with van der Waals surface area (Å²) in [6.45, 7) is 3.26. The molecule has 0 fully saturated rings. The van der Waals surface area contributed by atoms with Crippen LogP contribution in [0.2, 0.25) is 0 Å². The molecule has 0 saturated carbocycles. The van der Waals surface area contributed by atoms with E-state index in [1.807, 2.05) is 30.3 Å². The highest BCUT2D eigenvalue weighted by molar-refractivity contribution is 5.83. The standard InChI is InChI=1S/C14H17N5O3/c1-9(2)12(14(21)22)15-11(20)8-19-17-13(16-18-19)10-6-4-3-5-7-10/h3-7,9,12H,8H2,1-2H3,(H,15,20)(H,21,22)/t12-/m1/s1. The van der Waals surface area contributed by atoms with Crippen molar-refractivity contribution >= 4 is 11.9 Å². The zero-order valence-corrected chi connectivity index (χ0v) is 12.3. The average molecular weight is 303 g/mol. The summed E-state index contributed by atoms with van der Waals surface area (Å²) in [5.74, 6) is -1.35. The van der Waals surface area contributed by atoms with Crippen LogP contribution < -0.4 is 5.32 Å². The first-order valence-corrected chi connectivity index (χ1v) is 6.82. The molecule has 0 spiro atoms. The number of nitrogens with one attached hydrogen (secondary N) is 1. The van der Waals surface area contributed by atoms with Gasteiger partial charge in [0.15, 0.2) is 0 Å². The van der Waals surface area contributed by atoms with Crippen LogP contribution in [-0.2, 0) is 16.1 Å². The molecule has 0 aliphatic heterocycles. The number of aliphatic carboxylic acids is 1. The predicted molar refractivity (Wildman–Crippen MR) is 77.7 cm³/mol. The monoisotopic (exact) mass is 303 g/mol. The van der Waals surface area contributed by atoms with E-state index in [4.69, 9.17) is 5.11 Å². The Morgan fingerprint density at radius 1 is 1.27 bits per heavy atom. The van der Waals surface area contributed by atoms with Gasteiger partial charge in [0.2, 0.25) is 11.7 Å². The topological polar surface area (TPSA) is 110 Å². The average Bonchev–Trinajstić information content (AvgIpc) is 2.93. The van der Waals surface area contributed by atoms with Crippen LogP contribution in [0.3, 0.4) is 0 Å². The van der Waals surface area contributed by atoms with Gasteiger partial charge in [-0.1, -0.05) is 44.2 Å². The summed E-state index contributed by atoms with van der Waals surface area (Å²) in [5, 5.41) is 23.3. The van der Waals surface area contributed by atoms with Crippen molar-refractivity contribution < 1.29 is 14.7 Å². The Bertz CT molecular complexity index is 654. The first-order valence-electron chi connectivity index (χ1n) is 6.82. The van der Waals surface area contributed by atoms with E-state index >= 15 is 0 Å². The highest BCUT2D eigenvalue weighted by atomic mass is 16.4. The molecule has 2 aromatic rings. The van der Waals surface area contributed by atoms with Gasteiger partial charge in [0.25, 0.3) is 0 Å². The Labute approximate surface area is 127 Å². The zero-order chi connectivity index (χ0) is 16.1. The normalized spacial score (nSPS) is 12.1. The van der Waals surface area contributed by atoms with Gasteiger partial charge in [-0.2, -0.15) is 4.80 Å². The number of nitrogens with zero attached hydrogens (tertiary/aromatic N) is 4. The lowest BCUT2D eigenvalue weighted by Gasteiger charge is -2.17. The fourth-order valence-corrected chi connectivity index (χ4v) is 1.87. The van der Waals surface area contributed by atoms with E-state index in [9.17, 15) is 9.59 Å². The second kappa shape index (κ2) is 6.79. The third kappa shape index (κ3) is 3.87. The molecule has 0 saturated heterocycles. The number of amides is 1. The van der Waals surface area contributed by atoms with Gasteiger partial charge in [0.05, 0.1) is 0 Å². The number of hydrogen-bond donors (Lipinski definition) is 2. The fraction of sp³-hybridized carbons (Fsp3) is 0.357. The Balaban J connectivity index is 2.01. The molecule has 1 aromatic heterocycles. The van der Waals surface area contributed by atoms with E-state index in [1.54, 1.807) is 13.8 Å². The molecule has 2 N–H and O–H groups in total. The number of carboxylic acid groups (broad SMARTS) is 1. The molecule has 0 aliphatic carbocycles. The molecule has 116 valence electrons. The van der Waals surface area contributed by atoms with Gasteiger partial charge in [0.1, 0.15) is 12.6 Å². The summed E-state index contributed by atoms with van der Waals surface area (Å²) in [7, 11) is 0. The summed E-state index contributed by atoms with van der Waals surface area (Å²) in [6.07, 6.45) is 0. The van der Waals surface area contributed by atoms with Crippen molar-refractivity contribution in [2.75, 3.05) is 0 Å². The first kappa shape index (κ1) is 15.6. The van der Waals surface area contributed by atoms with Gasteiger partial charge in [-0.05, 0) is 11.1 Å². The second-order valence-corrected chi connectivity index (χ2v) is 5.14. The van der Waals surface area contributed by atoms with Gasteiger partial charge < -0.3 is 10.4 Å². The molecule has 2 rings (SSSR count). The minimum absolute atomic E-state index is 0.184. The third-order valence-electron chi connectivity index (χ3n) is 3.02. The SMILES string of the molecule is CC(C)[C@@H](NC(=O)Cn1nnc(-c2ccccc2)n1)C(=O)O. The summed E-state index contributed by atoms with van der Waals surface area (Å²) in [6, 6.07) is 8.30. The number of aromatic nitrogens is 4. The van der Waals surface area contributed by atoms with E-state index in [0.29, 0.717) is 5.82 Å². The van der Waals surface area contributed by atoms with Crippen LogP contribution in [0.25, 0.3) is 11.4 Å². The van der Waals surface area contributed by atoms with Crippen LogP contribution >= 0.6 is 0 Å². The van der Waals surface area contributed by atoms with Gasteiger partial charge in [-0.25, -0.2) is 4.79 Å². The Morgan fingerprint density at radius 2 is 1.95 bits per heavy atom. The fourth-order valence-electron chi connectivity index (χ4n) is 1.87. The number of tetrazole rings is 1. The first-order chi connectivity index (χ1) is 10.5. The maximum absolute atomic E-state index is 11.9. The zero-order valence-electron chi connectivity index (χ0n) is 12.3. The summed E-state index contributed by atoms with van der Waals surface area (Å²) >= 11 is 0. The van der Waals surface area contributed by atoms with E-state index in [0.717, 1.165) is 10.4 Å². The quantitative estimate of drug-likeness (QED) is 0.807. The highest BCUT2D eigenvalue weighted by Crippen LogP contribution is 2.11. The van der Waals surface area contributed by atoms with Crippen LogP contribution in [-0.4, -0.2) is 43.2 Å². The molecular weight excluding hydrogens is 286 g/mol. The van der Waals surface area contributed by atoms with Crippen LogP contribution in [0.5, 0.6) is 0 Å². The molecular formula is C14H17N5O3. The lowest BCUT2D eigenvalue weighted by molar-refractivity contribution is -0.143. The van der Waals surface area contributed by atoms with Crippen molar-refractivity contribution in [3.05, 3.63) is 30.3 Å². The molecule has 0 radical (unpaired) electrons. The van der Waals surface area contributed by atoms with Crippen LogP contribution in [0.1, 0.15) is 13.8 Å². The maximum Gasteiger partial charge on any atom is 0.326 e. The number of benzene rings is 1. The van der Waals surface area contributed by atoms with Crippen molar-refractivity contribution in [2.24, 2.45) is 5.92 Å². The third-order valence-corrected chi connectivity index (χ3v) is 3.02. The van der Waals surface area contributed by atoms with Crippen molar-refractivity contribution in [1.29, 1.82) is 0 Å². The molecule has 1 atom stereocenters. The Morgan fingerprint density at radius 3 is 2.55 bits per heavy atom.